The van der Waals surface area contributed by atoms with E-state index in [9.17, 15) is 13.2 Å². The van der Waals surface area contributed by atoms with Crippen LogP contribution in [0, 0.1) is 0 Å². The highest BCUT2D eigenvalue weighted by molar-refractivity contribution is 5.51. The van der Waals surface area contributed by atoms with Gasteiger partial charge in [0.25, 0.3) is 0 Å². The molecule has 1 aliphatic heterocycles. The van der Waals surface area contributed by atoms with E-state index in [1.165, 1.54) is 4.90 Å². The Morgan fingerprint density at radius 3 is 2.26 bits per heavy atom. The first-order valence-corrected chi connectivity index (χ1v) is 6.33. The number of piperidine rings is 1. The van der Waals surface area contributed by atoms with Gasteiger partial charge >= 0.3 is 6.18 Å². The Morgan fingerprint density at radius 1 is 1.16 bits per heavy atom. The third kappa shape index (κ3) is 4.63. The molecule has 106 valence electrons. The molecule has 19 heavy (non-hydrogen) atoms. The maximum absolute atomic E-state index is 12.3. The van der Waals surface area contributed by atoms with E-state index >= 15 is 0 Å². The average Bonchev–Trinajstić information content (AvgIpc) is 2.33. The number of anilines is 2. The van der Waals surface area contributed by atoms with Gasteiger partial charge in [-0.05, 0) is 37.1 Å². The number of nitrogens with one attached hydrogen (secondary N) is 1. The van der Waals surface area contributed by atoms with Crippen LogP contribution in [0.3, 0.4) is 0 Å². The van der Waals surface area contributed by atoms with Gasteiger partial charge in [-0.1, -0.05) is 0 Å². The summed E-state index contributed by atoms with van der Waals surface area (Å²) in [6, 6.07) is 7.62. The molecule has 0 aliphatic carbocycles. The Hall–Kier alpha value is -1.43. The van der Waals surface area contributed by atoms with Crippen LogP contribution in [0.15, 0.2) is 24.3 Å². The third-order valence-electron chi connectivity index (χ3n) is 3.27. The van der Waals surface area contributed by atoms with Gasteiger partial charge in [-0.25, -0.2) is 0 Å². The number of hydrogen-bond donors (Lipinski definition) is 2. The lowest BCUT2D eigenvalue weighted by Gasteiger charge is -2.33. The molecule has 0 aromatic heterocycles. The molecule has 2 rings (SSSR count). The molecule has 0 atom stereocenters. The van der Waals surface area contributed by atoms with E-state index in [0.717, 1.165) is 18.5 Å². The van der Waals surface area contributed by atoms with Crippen molar-refractivity contribution in [1.29, 1.82) is 0 Å². The molecule has 1 fully saturated rings. The monoisotopic (exact) mass is 273 g/mol. The fourth-order valence-corrected chi connectivity index (χ4v) is 2.30. The maximum atomic E-state index is 12.3. The summed E-state index contributed by atoms with van der Waals surface area (Å²) in [6.07, 6.45) is -2.65. The molecule has 0 bridgehead atoms. The minimum Gasteiger partial charge on any atom is -0.399 e. The van der Waals surface area contributed by atoms with Crippen molar-refractivity contribution < 1.29 is 13.2 Å². The van der Waals surface area contributed by atoms with E-state index in [1.54, 1.807) is 12.1 Å². The summed E-state index contributed by atoms with van der Waals surface area (Å²) in [7, 11) is 0. The molecule has 3 N–H and O–H groups in total. The first-order valence-electron chi connectivity index (χ1n) is 6.33. The highest BCUT2D eigenvalue weighted by atomic mass is 19.4. The Morgan fingerprint density at radius 2 is 1.74 bits per heavy atom. The topological polar surface area (TPSA) is 41.3 Å². The van der Waals surface area contributed by atoms with Gasteiger partial charge in [-0.3, -0.25) is 4.90 Å². The zero-order chi connectivity index (χ0) is 13.9. The number of hydrogen-bond acceptors (Lipinski definition) is 3. The molecule has 0 saturated carbocycles. The summed E-state index contributed by atoms with van der Waals surface area (Å²) in [6.45, 7) is 0.153. The molecular weight excluding hydrogens is 255 g/mol. The first-order chi connectivity index (χ1) is 8.92. The van der Waals surface area contributed by atoms with Crippen molar-refractivity contribution in [3.8, 4) is 0 Å². The minimum atomic E-state index is -4.10. The van der Waals surface area contributed by atoms with Crippen LogP contribution in [-0.2, 0) is 0 Å². The van der Waals surface area contributed by atoms with Crippen molar-refractivity contribution in [1.82, 2.24) is 4.90 Å². The van der Waals surface area contributed by atoms with E-state index < -0.39 is 12.7 Å². The molecule has 1 saturated heterocycles. The largest absolute Gasteiger partial charge is 0.401 e. The lowest BCUT2D eigenvalue weighted by atomic mass is 10.0. The number of alkyl halides is 3. The van der Waals surface area contributed by atoms with Gasteiger partial charge < -0.3 is 11.1 Å². The van der Waals surface area contributed by atoms with Crippen LogP contribution in [-0.4, -0.2) is 36.8 Å². The van der Waals surface area contributed by atoms with Crippen LogP contribution < -0.4 is 11.1 Å². The quantitative estimate of drug-likeness (QED) is 0.832. The normalized spacial score (nSPS) is 18.5. The SMILES string of the molecule is Nc1ccc(NC2CCN(CC(F)(F)F)CC2)cc1. The van der Waals surface area contributed by atoms with Crippen molar-refractivity contribution in [2.75, 3.05) is 30.7 Å². The van der Waals surface area contributed by atoms with Gasteiger partial charge in [0.15, 0.2) is 0 Å². The lowest BCUT2D eigenvalue weighted by Crippen LogP contribution is -2.43. The van der Waals surface area contributed by atoms with Gasteiger partial charge in [0.1, 0.15) is 0 Å². The minimum absolute atomic E-state index is 0.230. The van der Waals surface area contributed by atoms with Crippen molar-refractivity contribution in [3.63, 3.8) is 0 Å². The van der Waals surface area contributed by atoms with Crippen LogP contribution in [0.5, 0.6) is 0 Å². The maximum Gasteiger partial charge on any atom is 0.401 e. The molecule has 0 radical (unpaired) electrons. The van der Waals surface area contributed by atoms with Crippen molar-refractivity contribution in [2.45, 2.75) is 25.1 Å². The number of nitrogen functional groups attached to an aromatic ring is 1. The standard InChI is InChI=1S/C13H18F3N3/c14-13(15,16)9-19-7-5-12(6-8-19)18-11-3-1-10(17)2-4-11/h1-4,12,18H,5-9,17H2. The lowest BCUT2D eigenvalue weighted by molar-refractivity contribution is -0.147. The van der Waals surface area contributed by atoms with Crippen LogP contribution in [0.25, 0.3) is 0 Å². The van der Waals surface area contributed by atoms with Gasteiger partial charge in [-0.15, -0.1) is 0 Å². The average molecular weight is 273 g/mol. The molecule has 1 aliphatic rings. The molecule has 0 unspecified atom stereocenters. The molecular formula is C13H18F3N3. The van der Waals surface area contributed by atoms with E-state index in [1.807, 2.05) is 12.1 Å². The molecule has 0 spiro atoms. The zero-order valence-corrected chi connectivity index (χ0v) is 10.6. The number of nitrogens with zero attached hydrogens (tertiary/aromatic N) is 1. The van der Waals surface area contributed by atoms with Gasteiger partial charge in [-0.2, -0.15) is 13.2 Å². The first kappa shape index (κ1) is 14.0. The predicted molar refractivity (Wildman–Crippen MR) is 70.0 cm³/mol. The van der Waals surface area contributed by atoms with Crippen LogP contribution in [0.4, 0.5) is 24.5 Å². The molecule has 1 aromatic rings. The number of likely N-dealkylation sites (tertiary alicyclic amines) is 1. The van der Waals surface area contributed by atoms with Crippen LogP contribution in [0.2, 0.25) is 0 Å². The summed E-state index contributed by atoms with van der Waals surface area (Å²) in [5.74, 6) is 0. The number of rotatable bonds is 3. The predicted octanol–water partition coefficient (Wildman–Crippen LogP) is 2.71. The molecule has 1 aromatic carbocycles. The molecule has 0 amide bonds. The highest BCUT2D eigenvalue weighted by Crippen LogP contribution is 2.21. The Kier molecular flexibility index (Phi) is 4.19. The molecule has 3 nitrogen and oxygen atoms in total. The fraction of sp³-hybridized carbons (Fsp3) is 0.538. The summed E-state index contributed by atoms with van der Waals surface area (Å²) in [5.41, 5.74) is 7.26. The number of nitrogens with two attached hydrogens (primary N) is 1. The second kappa shape index (κ2) is 5.69. The van der Waals surface area contributed by atoms with Crippen molar-refractivity contribution in [2.24, 2.45) is 0 Å². The summed E-state index contributed by atoms with van der Waals surface area (Å²) in [4.78, 5) is 1.46. The van der Waals surface area contributed by atoms with Gasteiger partial charge in [0.05, 0.1) is 6.54 Å². The molecule has 1 heterocycles. The van der Waals surface area contributed by atoms with E-state index in [0.29, 0.717) is 18.8 Å². The van der Waals surface area contributed by atoms with Gasteiger partial charge in [0.2, 0.25) is 0 Å². The summed E-state index contributed by atoms with van der Waals surface area (Å²) in [5, 5.41) is 3.33. The van der Waals surface area contributed by atoms with Crippen molar-refractivity contribution in [3.05, 3.63) is 24.3 Å². The van der Waals surface area contributed by atoms with E-state index in [-0.39, 0.29) is 6.04 Å². The number of benzene rings is 1. The Balaban J connectivity index is 1.79. The van der Waals surface area contributed by atoms with E-state index in [2.05, 4.69) is 5.32 Å². The number of halogens is 3. The van der Waals surface area contributed by atoms with Crippen molar-refractivity contribution >= 4 is 11.4 Å². The third-order valence-corrected chi connectivity index (χ3v) is 3.27. The smallest absolute Gasteiger partial charge is 0.399 e. The fourth-order valence-electron chi connectivity index (χ4n) is 2.30. The van der Waals surface area contributed by atoms with Crippen LogP contribution in [0.1, 0.15) is 12.8 Å². The van der Waals surface area contributed by atoms with E-state index in [4.69, 9.17) is 5.73 Å². The highest BCUT2D eigenvalue weighted by Gasteiger charge is 2.32. The summed E-state index contributed by atoms with van der Waals surface area (Å²) < 4.78 is 36.8. The van der Waals surface area contributed by atoms with Gasteiger partial charge in [0, 0.05) is 30.5 Å². The second-order valence-corrected chi connectivity index (χ2v) is 4.93. The Bertz CT molecular complexity index is 395. The second-order valence-electron chi connectivity index (χ2n) is 4.93. The van der Waals surface area contributed by atoms with Crippen LogP contribution >= 0.6 is 0 Å². The Labute approximate surface area is 110 Å². The molecule has 6 heteroatoms. The zero-order valence-electron chi connectivity index (χ0n) is 10.6. The summed E-state index contributed by atoms with van der Waals surface area (Å²) >= 11 is 0.